The van der Waals surface area contributed by atoms with Gasteiger partial charge in [0, 0.05) is 32.2 Å². The van der Waals surface area contributed by atoms with Gasteiger partial charge in [0.1, 0.15) is 0 Å². The molecule has 2 rings (SSSR count). The van der Waals surface area contributed by atoms with Crippen LogP contribution in [-0.2, 0) is 6.18 Å². The second kappa shape index (κ2) is 9.50. The number of hydrogen-bond donors (Lipinski definition) is 1. The van der Waals surface area contributed by atoms with E-state index in [1.165, 1.54) is 6.07 Å². The summed E-state index contributed by atoms with van der Waals surface area (Å²) in [6.07, 6.45) is -10.4. The summed E-state index contributed by atoms with van der Waals surface area (Å²) >= 11 is 5.54. The third-order valence-corrected chi connectivity index (χ3v) is 4.03. The third kappa shape index (κ3) is 7.02. The van der Waals surface area contributed by atoms with Crippen molar-refractivity contribution in [2.45, 2.75) is 24.8 Å². The molecule has 0 radical (unpaired) electrons. The molecule has 1 aliphatic heterocycles. The van der Waals surface area contributed by atoms with Gasteiger partial charge in [-0.15, -0.1) is 24.8 Å². The number of benzene rings is 1. The minimum atomic E-state index is -4.71. The summed E-state index contributed by atoms with van der Waals surface area (Å²) in [5, 5.41) is 2.48. The van der Waals surface area contributed by atoms with Crippen molar-refractivity contribution < 1.29 is 26.3 Å². The standard InChI is InChI=1S/C14H15ClF6N2.2ClH/c15-11-2-1-9(7-10(11)14(19,20)21)12(8-13(16,17)18)23-5-3-22-4-6-23;;/h1-2,7,12,22H,3-6,8H2;2*1H/t12-;;/m1../s1. The molecule has 0 bridgehead atoms. The molecule has 0 aromatic heterocycles. The molecule has 25 heavy (non-hydrogen) atoms. The molecule has 1 heterocycles. The van der Waals surface area contributed by atoms with Crippen molar-refractivity contribution in [1.29, 1.82) is 0 Å². The lowest BCUT2D eigenvalue weighted by molar-refractivity contribution is -0.148. The fraction of sp³-hybridized carbons (Fsp3) is 0.571. The molecular formula is C14H17Cl3F6N2. The maximum atomic E-state index is 12.9. The normalized spacial score (nSPS) is 17.4. The van der Waals surface area contributed by atoms with Crippen LogP contribution in [0.3, 0.4) is 0 Å². The maximum absolute atomic E-state index is 12.9. The Bertz CT molecular complexity index is 544. The second-order valence-corrected chi connectivity index (χ2v) is 5.77. The van der Waals surface area contributed by atoms with Crippen LogP contribution in [0.5, 0.6) is 0 Å². The lowest BCUT2D eigenvalue weighted by atomic mass is 9.98. The van der Waals surface area contributed by atoms with Crippen LogP contribution in [0.2, 0.25) is 5.02 Å². The van der Waals surface area contributed by atoms with Crippen molar-refractivity contribution in [1.82, 2.24) is 10.2 Å². The van der Waals surface area contributed by atoms with Crippen molar-refractivity contribution in [3.63, 3.8) is 0 Å². The summed E-state index contributed by atoms with van der Waals surface area (Å²) in [5.74, 6) is 0. The van der Waals surface area contributed by atoms with Gasteiger partial charge in [-0.25, -0.2) is 0 Å². The van der Waals surface area contributed by atoms with Gasteiger partial charge in [0.2, 0.25) is 0 Å². The summed E-state index contributed by atoms with van der Waals surface area (Å²) in [5.41, 5.74) is -1.14. The van der Waals surface area contributed by atoms with E-state index in [1.807, 2.05) is 0 Å². The predicted octanol–water partition coefficient (Wildman–Crippen LogP) is 5.10. The molecule has 0 spiro atoms. The average Bonchev–Trinajstić information content (AvgIpc) is 2.44. The van der Waals surface area contributed by atoms with E-state index in [4.69, 9.17) is 11.6 Å². The number of alkyl halides is 6. The van der Waals surface area contributed by atoms with Crippen molar-refractivity contribution in [2.24, 2.45) is 0 Å². The fourth-order valence-corrected chi connectivity index (χ4v) is 2.86. The summed E-state index contributed by atoms with van der Waals surface area (Å²) in [6, 6.07) is 1.80. The van der Waals surface area contributed by atoms with Crippen LogP contribution in [0, 0.1) is 0 Å². The smallest absolute Gasteiger partial charge is 0.314 e. The van der Waals surface area contributed by atoms with Gasteiger partial charge in [-0.1, -0.05) is 17.7 Å². The molecule has 0 saturated carbocycles. The van der Waals surface area contributed by atoms with Crippen LogP contribution < -0.4 is 5.32 Å². The van der Waals surface area contributed by atoms with E-state index in [1.54, 1.807) is 4.90 Å². The molecular weight excluding hydrogens is 417 g/mol. The van der Waals surface area contributed by atoms with Crippen LogP contribution in [0.1, 0.15) is 23.6 Å². The highest BCUT2D eigenvalue weighted by Gasteiger charge is 2.38. The van der Waals surface area contributed by atoms with Crippen LogP contribution in [0.25, 0.3) is 0 Å². The quantitative estimate of drug-likeness (QED) is 0.667. The van der Waals surface area contributed by atoms with Gasteiger partial charge in [0.05, 0.1) is 17.0 Å². The first kappa shape index (κ1) is 24.6. The Balaban J connectivity index is 0.00000288. The van der Waals surface area contributed by atoms with Crippen LogP contribution in [0.4, 0.5) is 26.3 Å². The SMILES string of the molecule is Cl.Cl.FC(F)(F)C[C@H](c1ccc(Cl)c(C(F)(F)F)c1)N1CCNCC1. The summed E-state index contributed by atoms with van der Waals surface area (Å²) in [7, 11) is 0. The second-order valence-electron chi connectivity index (χ2n) is 5.36. The number of piperazine rings is 1. The fourth-order valence-electron chi connectivity index (χ4n) is 2.64. The molecule has 0 aliphatic carbocycles. The van der Waals surface area contributed by atoms with E-state index in [2.05, 4.69) is 5.32 Å². The molecule has 2 nitrogen and oxygen atoms in total. The largest absolute Gasteiger partial charge is 0.417 e. The molecule has 0 unspecified atom stereocenters. The first-order valence-corrected chi connectivity index (χ1v) is 7.34. The molecule has 1 aliphatic rings. The zero-order chi connectivity index (χ0) is 17.3. The molecule has 1 atom stereocenters. The molecule has 1 aromatic carbocycles. The van der Waals surface area contributed by atoms with Gasteiger partial charge < -0.3 is 5.32 Å². The number of halogens is 9. The third-order valence-electron chi connectivity index (χ3n) is 3.70. The minimum Gasteiger partial charge on any atom is -0.314 e. The highest BCUT2D eigenvalue weighted by molar-refractivity contribution is 6.31. The molecule has 1 N–H and O–H groups in total. The number of nitrogens with zero attached hydrogens (tertiary/aromatic N) is 1. The molecule has 1 fully saturated rings. The van der Waals surface area contributed by atoms with E-state index in [-0.39, 0.29) is 30.4 Å². The van der Waals surface area contributed by atoms with E-state index in [9.17, 15) is 26.3 Å². The molecule has 1 saturated heterocycles. The summed E-state index contributed by atoms with van der Waals surface area (Å²) < 4.78 is 77.4. The van der Waals surface area contributed by atoms with Crippen LogP contribution >= 0.6 is 36.4 Å². The van der Waals surface area contributed by atoms with Crippen molar-refractivity contribution in [3.05, 3.63) is 34.3 Å². The van der Waals surface area contributed by atoms with Gasteiger partial charge in [0.25, 0.3) is 0 Å². The Labute approximate surface area is 158 Å². The zero-order valence-electron chi connectivity index (χ0n) is 12.8. The van der Waals surface area contributed by atoms with Crippen LogP contribution in [-0.4, -0.2) is 37.3 Å². The molecule has 11 heteroatoms. The van der Waals surface area contributed by atoms with E-state index in [0.717, 1.165) is 12.1 Å². The highest BCUT2D eigenvalue weighted by Crippen LogP contribution is 2.39. The van der Waals surface area contributed by atoms with Gasteiger partial charge >= 0.3 is 12.4 Å². The van der Waals surface area contributed by atoms with E-state index >= 15 is 0 Å². The van der Waals surface area contributed by atoms with Gasteiger partial charge in [-0.3, -0.25) is 4.90 Å². The van der Waals surface area contributed by atoms with Crippen molar-refractivity contribution >= 4 is 36.4 Å². The zero-order valence-corrected chi connectivity index (χ0v) is 15.1. The van der Waals surface area contributed by atoms with E-state index < -0.39 is 35.4 Å². The van der Waals surface area contributed by atoms with Crippen LogP contribution in [0.15, 0.2) is 18.2 Å². The highest BCUT2D eigenvalue weighted by atomic mass is 35.5. The Kier molecular flexibility index (Phi) is 9.35. The average molecular weight is 434 g/mol. The number of hydrogen-bond acceptors (Lipinski definition) is 2. The number of rotatable bonds is 3. The Morgan fingerprint density at radius 3 is 2.08 bits per heavy atom. The minimum absolute atomic E-state index is 0. The first-order valence-electron chi connectivity index (χ1n) is 6.96. The van der Waals surface area contributed by atoms with Gasteiger partial charge in [-0.05, 0) is 17.7 Å². The Morgan fingerprint density at radius 2 is 1.60 bits per heavy atom. The summed E-state index contributed by atoms with van der Waals surface area (Å²) in [6.45, 7) is 1.66. The van der Waals surface area contributed by atoms with Crippen molar-refractivity contribution in [2.75, 3.05) is 26.2 Å². The van der Waals surface area contributed by atoms with Crippen molar-refractivity contribution in [3.8, 4) is 0 Å². The van der Waals surface area contributed by atoms with E-state index in [0.29, 0.717) is 26.2 Å². The van der Waals surface area contributed by atoms with Gasteiger partial charge in [0.15, 0.2) is 0 Å². The monoisotopic (exact) mass is 432 g/mol. The lowest BCUT2D eigenvalue weighted by Crippen LogP contribution is -2.46. The Morgan fingerprint density at radius 1 is 1.04 bits per heavy atom. The topological polar surface area (TPSA) is 15.3 Å². The first-order chi connectivity index (χ1) is 10.6. The summed E-state index contributed by atoms with van der Waals surface area (Å²) in [4.78, 5) is 1.55. The lowest BCUT2D eigenvalue weighted by Gasteiger charge is -2.36. The molecule has 1 aromatic rings. The molecule has 146 valence electrons. The van der Waals surface area contributed by atoms with Gasteiger partial charge in [-0.2, -0.15) is 26.3 Å². The number of nitrogens with one attached hydrogen (secondary N) is 1. The predicted molar refractivity (Wildman–Crippen MR) is 88.8 cm³/mol. The Hall–Kier alpha value is -0.410. The molecule has 0 amide bonds. The maximum Gasteiger partial charge on any atom is 0.417 e.